The highest BCUT2D eigenvalue weighted by atomic mass is 35.5. The van der Waals surface area contributed by atoms with Crippen molar-refractivity contribution in [3.8, 4) is 0 Å². The van der Waals surface area contributed by atoms with Gasteiger partial charge in [-0.15, -0.1) is 4.98 Å². The molecule has 2 aromatic carbocycles. The van der Waals surface area contributed by atoms with Crippen molar-refractivity contribution in [2.45, 2.75) is 31.7 Å². The fourth-order valence-electron chi connectivity index (χ4n) is 4.59. The average molecular weight is 520 g/mol. The van der Waals surface area contributed by atoms with Gasteiger partial charge < -0.3 is 15.1 Å². The maximum atomic E-state index is 15.2. The van der Waals surface area contributed by atoms with Gasteiger partial charge in [0.05, 0.1) is 11.3 Å². The Morgan fingerprint density at radius 1 is 1.22 bits per heavy atom. The lowest BCUT2D eigenvalue weighted by Crippen LogP contribution is -2.55. The van der Waals surface area contributed by atoms with Crippen molar-refractivity contribution in [3.63, 3.8) is 0 Å². The molecular weight excluding hydrogens is 501 g/mol. The van der Waals surface area contributed by atoms with Gasteiger partial charge in [-0.05, 0) is 86.4 Å². The molecule has 180 valence electrons. The van der Waals surface area contributed by atoms with Gasteiger partial charge in [0, 0.05) is 16.4 Å². The third-order valence-corrected chi connectivity index (χ3v) is 7.13. The van der Waals surface area contributed by atoms with Crippen LogP contribution < -0.4 is 15.1 Å². The van der Waals surface area contributed by atoms with E-state index in [0.717, 1.165) is 6.42 Å². The number of nitrogens with zero attached hydrogens (tertiary/aromatic N) is 4. The number of anilines is 3. The third kappa shape index (κ3) is 3.79. The predicted molar refractivity (Wildman–Crippen MR) is 140 cm³/mol. The Morgan fingerprint density at radius 3 is 2.61 bits per heavy atom. The van der Waals surface area contributed by atoms with Crippen LogP contribution in [0.3, 0.4) is 0 Å². The van der Waals surface area contributed by atoms with Gasteiger partial charge >= 0.3 is 0 Å². The van der Waals surface area contributed by atoms with Gasteiger partial charge in [0.1, 0.15) is 17.6 Å². The fraction of sp³-hybridized carbons (Fsp3) is 0.192. The Bertz CT molecular complexity index is 1480. The van der Waals surface area contributed by atoms with Crippen molar-refractivity contribution in [1.29, 1.82) is 0 Å². The van der Waals surface area contributed by atoms with Crippen molar-refractivity contribution in [1.82, 2.24) is 4.98 Å². The van der Waals surface area contributed by atoms with Crippen LogP contribution in [0.25, 0.3) is 4.85 Å². The first-order valence-corrected chi connectivity index (χ1v) is 11.9. The number of thiocarbonyl (C=S) groups is 1. The van der Waals surface area contributed by atoms with E-state index in [1.165, 1.54) is 23.2 Å². The molecule has 1 N–H and O–H groups in total. The van der Waals surface area contributed by atoms with Gasteiger partial charge in [0.2, 0.25) is 0 Å². The van der Waals surface area contributed by atoms with Crippen LogP contribution in [0.1, 0.15) is 35.2 Å². The maximum Gasteiger partial charge on any atom is 0.272 e. The zero-order valence-electron chi connectivity index (χ0n) is 19.1. The highest BCUT2D eigenvalue weighted by molar-refractivity contribution is 7.81. The minimum atomic E-state index is -0.916. The zero-order chi connectivity index (χ0) is 25.6. The quantitative estimate of drug-likeness (QED) is 0.336. The molecule has 3 aromatic rings. The maximum absolute atomic E-state index is 15.2. The van der Waals surface area contributed by atoms with Crippen LogP contribution in [0.5, 0.6) is 0 Å². The summed E-state index contributed by atoms with van der Waals surface area (Å²) < 4.78 is 15.2. The second kappa shape index (κ2) is 8.97. The highest BCUT2D eigenvalue weighted by Crippen LogP contribution is 2.48. The van der Waals surface area contributed by atoms with Gasteiger partial charge in [0.25, 0.3) is 17.6 Å². The molecule has 2 amide bonds. The van der Waals surface area contributed by atoms with Gasteiger partial charge in [-0.1, -0.05) is 24.2 Å². The summed E-state index contributed by atoms with van der Waals surface area (Å²) in [6, 6.07) is 12.5. The summed E-state index contributed by atoms with van der Waals surface area (Å²) in [6.45, 7) is 8.95. The van der Waals surface area contributed by atoms with E-state index in [4.69, 9.17) is 30.4 Å². The average Bonchev–Trinajstić information content (AvgIpc) is 3.05. The molecule has 1 aliphatic heterocycles. The molecule has 1 saturated heterocycles. The third-order valence-electron chi connectivity index (χ3n) is 6.53. The predicted octanol–water partition coefficient (Wildman–Crippen LogP) is 6.05. The number of aryl methyl sites for hydroxylation is 1. The number of nitrogens with one attached hydrogen (secondary N) is 1. The molecule has 0 unspecified atom stereocenters. The number of aromatic nitrogens is 1. The molecule has 0 atom stereocenters. The van der Waals surface area contributed by atoms with Crippen LogP contribution in [0, 0.1) is 19.3 Å². The molecule has 0 bridgehead atoms. The second-order valence-corrected chi connectivity index (χ2v) is 9.52. The Hall–Kier alpha value is -3.87. The topological polar surface area (TPSA) is 69.9 Å². The normalized spacial score (nSPS) is 16.2. The minimum Gasteiger partial charge on any atom is -0.360 e. The smallest absolute Gasteiger partial charge is 0.272 e. The monoisotopic (exact) mass is 519 g/mol. The van der Waals surface area contributed by atoms with Crippen LogP contribution in [0.15, 0.2) is 54.7 Å². The molecule has 1 saturated carbocycles. The molecule has 1 aliphatic carbocycles. The zero-order valence-corrected chi connectivity index (χ0v) is 20.7. The summed E-state index contributed by atoms with van der Waals surface area (Å²) in [7, 11) is 0. The van der Waals surface area contributed by atoms with Crippen molar-refractivity contribution in [2.75, 3.05) is 15.1 Å². The first kappa shape index (κ1) is 23.9. The van der Waals surface area contributed by atoms with E-state index < -0.39 is 17.3 Å². The Kier molecular flexibility index (Phi) is 5.94. The summed E-state index contributed by atoms with van der Waals surface area (Å²) in [6.07, 6.45) is 3.40. The number of amides is 2. The van der Waals surface area contributed by atoms with Crippen LogP contribution in [-0.2, 0) is 4.79 Å². The first-order chi connectivity index (χ1) is 17.2. The fourth-order valence-corrected chi connectivity index (χ4v) is 5.25. The van der Waals surface area contributed by atoms with Gasteiger partial charge in [-0.2, -0.15) is 0 Å². The molecule has 36 heavy (non-hydrogen) atoms. The highest BCUT2D eigenvalue weighted by Gasteiger charge is 2.59. The Labute approximate surface area is 217 Å². The SMILES string of the molecule is [C-]#[N+]c1ncc(N2C(=O)C3(CCC3)N(c3ccc(C(=O)Nc4cccc(Cl)c4)c(F)c3)C2=S)cc1C. The number of rotatable bonds is 4. The second-order valence-electron chi connectivity index (χ2n) is 8.72. The van der Waals surface area contributed by atoms with E-state index in [0.29, 0.717) is 40.5 Å². The van der Waals surface area contributed by atoms with E-state index in [1.807, 2.05) is 0 Å². The van der Waals surface area contributed by atoms with Crippen LogP contribution in [0.4, 0.5) is 27.3 Å². The van der Waals surface area contributed by atoms with Gasteiger partial charge in [-0.3, -0.25) is 14.5 Å². The Morgan fingerprint density at radius 2 is 2.00 bits per heavy atom. The summed E-state index contributed by atoms with van der Waals surface area (Å²) in [4.78, 5) is 36.9. The van der Waals surface area contributed by atoms with Crippen LogP contribution in [0.2, 0.25) is 5.02 Å². The van der Waals surface area contributed by atoms with Crippen LogP contribution in [-0.4, -0.2) is 27.4 Å². The van der Waals surface area contributed by atoms with E-state index in [-0.39, 0.29) is 22.4 Å². The molecule has 5 rings (SSSR count). The van der Waals surface area contributed by atoms with Crippen molar-refractivity contribution in [2.24, 2.45) is 0 Å². The molecule has 0 radical (unpaired) electrons. The van der Waals surface area contributed by atoms with E-state index in [1.54, 1.807) is 48.2 Å². The summed E-state index contributed by atoms with van der Waals surface area (Å²) >= 11 is 11.7. The number of carbonyl (C=O) groups excluding carboxylic acids is 2. The largest absolute Gasteiger partial charge is 0.360 e. The number of halogens is 2. The molecule has 2 fully saturated rings. The molecular formula is C26H19ClFN5O2S. The van der Waals surface area contributed by atoms with Crippen molar-refractivity contribution >= 4 is 63.6 Å². The summed E-state index contributed by atoms with van der Waals surface area (Å²) in [5.41, 5.74) is 0.848. The van der Waals surface area contributed by atoms with Crippen molar-refractivity contribution < 1.29 is 14.0 Å². The number of carbonyl (C=O) groups is 2. The summed E-state index contributed by atoms with van der Waals surface area (Å²) in [5.74, 6) is -1.32. The van der Waals surface area contributed by atoms with E-state index >= 15 is 4.39 Å². The number of benzene rings is 2. The first-order valence-electron chi connectivity index (χ1n) is 11.1. The molecule has 10 heteroatoms. The lowest BCUT2D eigenvalue weighted by Gasteiger charge is -2.43. The van der Waals surface area contributed by atoms with Crippen LogP contribution >= 0.6 is 23.8 Å². The van der Waals surface area contributed by atoms with E-state index in [2.05, 4.69) is 15.1 Å². The number of hydrogen-bond donors (Lipinski definition) is 1. The standard InChI is InChI=1S/C26H19ClFN5O2S/c1-15-11-19(14-30-22(15)29-2)32-24(35)26(9-4-10-26)33(25(32)36)18-7-8-20(21(28)13-18)23(34)31-17-6-3-5-16(27)12-17/h3,5-8,11-14H,4,9-10H2,1H3,(H,31,34). The molecule has 7 nitrogen and oxygen atoms in total. The number of hydrogen-bond acceptors (Lipinski definition) is 4. The van der Waals surface area contributed by atoms with E-state index in [9.17, 15) is 9.59 Å². The molecule has 1 aromatic heterocycles. The lowest BCUT2D eigenvalue weighted by molar-refractivity contribution is -0.123. The molecule has 2 heterocycles. The molecule has 2 aliphatic rings. The van der Waals surface area contributed by atoms with Gasteiger partial charge in [0.15, 0.2) is 5.11 Å². The minimum absolute atomic E-state index is 0.149. The lowest BCUT2D eigenvalue weighted by atomic mass is 9.75. The molecule has 1 spiro atoms. The summed E-state index contributed by atoms with van der Waals surface area (Å²) in [5, 5.41) is 3.28. The Balaban J connectivity index is 1.47. The number of pyridine rings is 1. The van der Waals surface area contributed by atoms with Crippen molar-refractivity contribution in [3.05, 3.63) is 88.1 Å². The van der Waals surface area contributed by atoms with Gasteiger partial charge in [-0.25, -0.2) is 4.39 Å².